The van der Waals surface area contributed by atoms with Crippen molar-refractivity contribution < 1.29 is 14.3 Å². The molecule has 0 spiro atoms. The average molecular weight is 402 g/mol. The third-order valence-corrected chi connectivity index (χ3v) is 4.63. The molecule has 30 heavy (non-hydrogen) atoms. The first kappa shape index (κ1) is 19.4. The zero-order valence-corrected chi connectivity index (χ0v) is 16.0. The summed E-state index contributed by atoms with van der Waals surface area (Å²) >= 11 is 0. The normalized spacial score (nSPS) is 14.4. The van der Waals surface area contributed by atoms with E-state index in [1.165, 1.54) is 15.4 Å². The zero-order chi connectivity index (χ0) is 20.9. The monoisotopic (exact) mass is 402 g/mol. The lowest BCUT2D eigenvalue weighted by molar-refractivity contribution is -0.130. The van der Waals surface area contributed by atoms with Gasteiger partial charge in [0.25, 0.3) is 11.5 Å². The predicted molar refractivity (Wildman–Crippen MR) is 109 cm³/mol. The van der Waals surface area contributed by atoms with E-state index < -0.39 is 11.5 Å². The van der Waals surface area contributed by atoms with Gasteiger partial charge in [0.1, 0.15) is 28.6 Å². The maximum atomic E-state index is 13.1. The van der Waals surface area contributed by atoms with Crippen LogP contribution in [-0.2, 0) is 9.53 Å². The van der Waals surface area contributed by atoms with Gasteiger partial charge in [0, 0.05) is 19.3 Å². The second kappa shape index (κ2) is 8.59. The fraction of sp³-hybridized carbons (Fsp3) is 0.182. The Balaban J connectivity index is 1.83. The lowest BCUT2D eigenvalue weighted by Crippen LogP contribution is -2.41. The Kier molecular flexibility index (Phi) is 5.54. The Morgan fingerprint density at radius 3 is 2.60 bits per heavy atom. The van der Waals surface area contributed by atoms with Gasteiger partial charge in [0.2, 0.25) is 5.88 Å². The molecule has 1 aliphatic rings. The molecule has 1 fully saturated rings. The van der Waals surface area contributed by atoms with Crippen LogP contribution in [-0.4, -0.2) is 46.5 Å². The number of amides is 1. The van der Waals surface area contributed by atoms with Crippen molar-refractivity contribution in [1.29, 1.82) is 5.26 Å². The molecule has 8 heteroatoms. The first-order valence-corrected chi connectivity index (χ1v) is 9.40. The van der Waals surface area contributed by atoms with Crippen LogP contribution in [0.25, 0.3) is 11.7 Å². The number of para-hydroxylation sites is 1. The van der Waals surface area contributed by atoms with Crippen LogP contribution in [0.4, 0.5) is 0 Å². The molecule has 1 aliphatic heterocycles. The Morgan fingerprint density at radius 1 is 1.13 bits per heavy atom. The van der Waals surface area contributed by atoms with Gasteiger partial charge in [0.05, 0.1) is 13.2 Å². The minimum absolute atomic E-state index is 0.0277. The largest absolute Gasteiger partial charge is 0.438 e. The Morgan fingerprint density at radius 2 is 1.87 bits per heavy atom. The van der Waals surface area contributed by atoms with Gasteiger partial charge in [-0.05, 0) is 30.3 Å². The maximum absolute atomic E-state index is 13.1. The van der Waals surface area contributed by atoms with E-state index in [-0.39, 0.29) is 17.0 Å². The Bertz CT molecular complexity index is 1210. The van der Waals surface area contributed by atoms with Crippen LogP contribution in [0.1, 0.15) is 5.56 Å². The molecule has 0 aliphatic carbocycles. The fourth-order valence-electron chi connectivity index (χ4n) is 3.11. The number of ether oxygens (including phenoxy) is 2. The highest BCUT2D eigenvalue weighted by Crippen LogP contribution is 2.24. The minimum atomic E-state index is -0.455. The zero-order valence-electron chi connectivity index (χ0n) is 16.0. The third kappa shape index (κ3) is 3.92. The lowest BCUT2D eigenvalue weighted by Gasteiger charge is -2.26. The second-order valence-electron chi connectivity index (χ2n) is 6.55. The van der Waals surface area contributed by atoms with Crippen LogP contribution in [0.3, 0.4) is 0 Å². The quantitative estimate of drug-likeness (QED) is 0.491. The van der Waals surface area contributed by atoms with Crippen LogP contribution in [0.15, 0.2) is 65.1 Å². The van der Waals surface area contributed by atoms with Crippen molar-refractivity contribution in [3.05, 3.63) is 76.2 Å². The SMILES string of the molecule is N#CC(=Cc1c(Oc2ccccc2)nc2ccccn2c1=O)C(=O)N1CCOCC1. The summed E-state index contributed by atoms with van der Waals surface area (Å²) < 4.78 is 12.4. The molecule has 0 bridgehead atoms. The third-order valence-electron chi connectivity index (χ3n) is 4.63. The summed E-state index contributed by atoms with van der Waals surface area (Å²) in [6.07, 6.45) is 2.83. The van der Waals surface area contributed by atoms with Crippen molar-refractivity contribution in [3.63, 3.8) is 0 Å². The highest BCUT2D eigenvalue weighted by Gasteiger charge is 2.22. The van der Waals surface area contributed by atoms with E-state index in [2.05, 4.69) is 4.98 Å². The number of hydrogen-bond acceptors (Lipinski definition) is 6. The number of carbonyl (C=O) groups excluding carboxylic acids is 1. The Labute approximate surface area is 172 Å². The van der Waals surface area contributed by atoms with E-state index in [1.807, 2.05) is 12.1 Å². The molecule has 2 aromatic heterocycles. The fourth-order valence-corrected chi connectivity index (χ4v) is 3.11. The van der Waals surface area contributed by atoms with Gasteiger partial charge in [-0.3, -0.25) is 14.0 Å². The number of aromatic nitrogens is 2. The highest BCUT2D eigenvalue weighted by atomic mass is 16.5. The van der Waals surface area contributed by atoms with E-state index in [9.17, 15) is 14.9 Å². The van der Waals surface area contributed by atoms with Gasteiger partial charge in [-0.2, -0.15) is 10.2 Å². The van der Waals surface area contributed by atoms with Crippen molar-refractivity contribution in [2.45, 2.75) is 0 Å². The van der Waals surface area contributed by atoms with Crippen molar-refractivity contribution in [2.24, 2.45) is 0 Å². The number of benzene rings is 1. The van der Waals surface area contributed by atoms with Crippen molar-refractivity contribution in [2.75, 3.05) is 26.3 Å². The summed E-state index contributed by atoms with van der Waals surface area (Å²) in [5, 5.41) is 9.61. The van der Waals surface area contributed by atoms with Gasteiger partial charge in [-0.1, -0.05) is 24.3 Å². The van der Waals surface area contributed by atoms with Gasteiger partial charge >= 0.3 is 0 Å². The topological polar surface area (TPSA) is 96.9 Å². The molecule has 3 aromatic rings. The average Bonchev–Trinajstić information content (AvgIpc) is 2.80. The maximum Gasteiger partial charge on any atom is 0.269 e. The van der Waals surface area contributed by atoms with E-state index >= 15 is 0 Å². The van der Waals surface area contributed by atoms with Crippen LogP contribution in [0.5, 0.6) is 11.6 Å². The number of nitrogens with zero attached hydrogens (tertiary/aromatic N) is 4. The first-order valence-electron chi connectivity index (χ1n) is 9.40. The van der Waals surface area contributed by atoms with Crippen molar-refractivity contribution >= 4 is 17.6 Å². The van der Waals surface area contributed by atoms with E-state index in [4.69, 9.17) is 9.47 Å². The number of nitriles is 1. The standard InChI is InChI=1S/C22H18N4O4/c23-15-16(21(27)25-10-12-29-13-11-25)14-18-20(30-17-6-2-1-3-7-17)24-19-8-4-5-9-26(19)22(18)28/h1-9,14H,10-13H2. The molecule has 0 saturated carbocycles. The lowest BCUT2D eigenvalue weighted by atomic mass is 10.1. The van der Waals surface area contributed by atoms with Crippen LogP contribution in [0.2, 0.25) is 0 Å². The number of hydrogen-bond donors (Lipinski definition) is 0. The summed E-state index contributed by atoms with van der Waals surface area (Å²) in [5.41, 5.74) is -0.178. The first-order chi connectivity index (χ1) is 14.7. The molecule has 1 amide bonds. The van der Waals surface area contributed by atoms with Gasteiger partial charge < -0.3 is 14.4 Å². The van der Waals surface area contributed by atoms with E-state index in [0.717, 1.165) is 0 Å². The molecule has 150 valence electrons. The van der Waals surface area contributed by atoms with Crippen LogP contribution < -0.4 is 10.3 Å². The van der Waals surface area contributed by atoms with Crippen molar-refractivity contribution in [1.82, 2.24) is 14.3 Å². The molecule has 1 saturated heterocycles. The second-order valence-corrected chi connectivity index (χ2v) is 6.55. The molecule has 1 aromatic carbocycles. The van der Waals surface area contributed by atoms with E-state index in [1.54, 1.807) is 48.7 Å². The number of fused-ring (bicyclic) bond motifs is 1. The summed E-state index contributed by atoms with van der Waals surface area (Å²) in [5.74, 6) is 0.0568. The van der Waals surface area contributed by atoms with E-state index in [0.29, 0.717) is 37.7 Å². The smallest absolute Gasteiger partial charge is 0.269 e. The molecule has 0 N–H and O–H groups in total. The summed E-state index contributed by atoms with van der Waals surface area (Å²) in [7, 11) is 0. The Hall–Kier alpha value is -3.96. The molecular formula is C22H18N4O4. The minimum Gasteiger partial charge on any atom is -0.438 e. The van der Waals surface area contributed by atoms with Crippen LogP contribution >= 0.6 is 0 Å². The predicted octanol–water partition coefficient (Wildman–Crippen LogP) is 2.25. The summed E-state index contributed by atoms with van der Waals surface area (Å²) in [6.45, 7) is 1.60. The molecule has 4 rings (SSSR count). The number of morpholine rings is 1. The van der Waals surface area contributed by atoms with Gasteiger partial charge in [-0.15, -0.1) is 0 Å². The highest BCUT2D eigenvalue weighted by molar-refractivity contribution is 6.02. The summed E-state index contributed by atoms with van der Waals surface area (Å²) in [4.78, 5) is 31.9. The molecule has 0 radical (unpaired) electrons. The molecular weight excluding hydrogens is 384 g/mol. The number of pyridine rings is 1. The molecule has 0 atom stereocenters. The number of carbonyl (C=O) groups is 1. The number of rotatable bonds is 4. The summed E-state index contributed by atoms with van der Waals surface area (Å²) in [6, 6.07) is 15.9. The van der Waals surface area contributed by atoms with Crippen molar-refractivity contribution in [3.8, 4) is 17.7 Å². The van der Waals surface area contributed by atoms with Crippen LogP contribution in [0, 0.1) is 11.3 Å². The molecule has 0 unspecified atom stereocenters. The molecule has 3 heterocycles. The van der Waals surface area contributed by atoms with Gasteiger partial charge in [0.15, 0.2) is 0 Å². The van der Waals surface area contributed by atoms with Gasteiger partial charge in [-0.25, -0.2) is 0 Å². The molecule has 8 nitrogen and oxygen atoms in total.